The normalized spacial score (nSPS) is 15.9. The van der Waals surface area contributed by atoms with Crippen LogP contribution >= 0.6 is 0 Å². The van der Waals surface area contributed by atoms with Crippen LogP contribution in [-0.2, 0) is 0 Å². The van der Waals surface area contributed by atoms with E-state index < -0.39 is 0 Å². The molecule has 0 spiro atoms. The van der Waals surface area contributed by atoms with E-state index in [1.807, 2.05) is 12.1 Å². The molecule has 1 aliphatic rings. The minimum absolute atomic E-state index is 0.335. The zero-order valence-electron chi connectivity index (χ0n) is 13.7. The van der Waals surface area contributed by atoms with Crippen molar-refractivity contribution in [2.24, 2.45) is 0 Å². The Morgan fingerprint density at radius 2 is 1.83 bits per heavy atom. The molecule has 0 aliphatic carbocycles. The molecule has 3 rings (SSSR count). The molecule has 6 nitrogen and oxygen atoms in total. The second-order valence-corrected chi connectivity index (χ2v) is 6.01. The first-order valence-electron chi connectivity index (χ1n) is 7.98. The fourth-order valence-corrected chi connectivity index (χ4v) is 2.78. The fraction of sp³-hybridized carbons (Fsp3) is 0.412. The highest BCUT2D eigenvalue weighted by atomic mass is 15.3. The SMILES string of the molecule is CC(C)N1CCN(c2ccc(Nc3nc[c]c(N)n3)cc2)CC1. The predicted octanol–water partition coefficient (Wildman–Crippen LogP) is 2.13. The summed E-state index contributed by atoms with van der Waals surface area (Å²) in [6, 6.07) is 11.7. The summed E-state index contributed by atoms with van der Waals surface area (Å²) in [7, 11) is 0. The van der Waals surface area contributed by atoms with Gasteiger partial charge >= 0.3 is 0 Å². The largest absolute Gasteiger partial charge is 0.383 e. The monoisotopic (exact) mass is 311 g/mol. The van der Waals surface area contributed by atoms with Crippen LogP contribution in [-0.4, -0.2) is 47.1 Å². The van der Waals surface area contributed by atoms with Crippen molar-refractivity contribution in [2.75, 3.05) is 42.1 Å². The smallest absolute Gasteiger partial charge is 0.229 e. The molecule has 2 aromatic rings. The lowest BCUT2D eigenvalue weighted by molar-refractivity contribution is 0.209. The Morgan fingerprint density at radius 1 is 1.13 bits per heavy atom. The average Bonchev–Trinajstić information content (AvgIpc) is 2.56. The van der Waals surface area contributed by atoms with Gasteiger partial charge in [0, 0.05) is 55.9 Å². The molecule has 1 radical (unpaired) electrons. The van der Waals surface area contributed by atoms with E-state index in [0.717, 1.165) is 31.9 Å². The number of anilines is 4. The van der Waals surface area contributed by atoms with Crippen molar-refractivity contribution in [3.8, 4) is 0 Å². The molecular weight excluding hydrogens is 288 g/mol. The van der Waals surface area contributed by atoms with Crippen molar-refractivity contribution in [2.45, 2.75) is 19.9 Å². The molecule has 0 saturated carbocycles. The fourth-order valence-electron chi connectivity index (χ4n) is 2.78. The van der Waals surface area contributed by atoms with Gasteiger partial charge in [-0.15, -0.1) is 0 Å². The van der Waals surface area contributed by atoms with Gasteiger partial charge < -0.3 is 16.0 Å². The summed E-state index contributed by atoms with van der Waals surface area (Å²) >= 11 is 0. The molecule has 23 heavy (non-hydrogen) atoms. The minimum atomic E-state index is 0.335. The van der Waals surface area contributed by atoms with Crippen LogP contribution in [0.5, 0.6) is 0 Å². The number of nitrogens with zero attached hydrogens (tertiary/aromatic N) is 4. The molecule has 1 aromatic carbocycles. The van der Waals surface area contributed by atoms with Crippen molar-refractivity contribution in [1.29, 1.82) is 0 Å². The number of rotatable bonds is 4. The molecule has 0 amide bonds. The molecule has 0 bridgehead atoms. The van der Waals surface area contributed by atoms with Crippen LogP contribution in [0.15, 0.2) is 30.5 Å². The molecule has 3 N–H and O–H groups in total. The van der Waals surface area contributed by atoms with Crippen LogP contribution in [0.4, 0.5) is 23.1 Å². The first-order valence-corrected chi connectivity index (χ1v) is 7.98. The van der Waals surface area contributed by atoms with Crippen LogP contribution in [0.3, 0.4) is 0 Å². The van der Waals surface area contributed by atoms with Gasteiger partial charge in [0.05, 0.1) is 0 Å². The quantitative estimate of drug-likeness (QED) is 0.901. The van der Waals surface area contributed by atoms with Gasteiger partial charge in [-0.25, -0.2) is 4.98 Å². The minimum Gasteiger partial charge on any atom is -0.383 e. The van der Waals surface area contributed by atoms with E-state index in [4.69, 9.17) is 5.73 Å². The number of benzene rings is 1. The zero-order chi connectivity index (χ0) is 16.2. The number of nitrogen functional groups attached to an aromatic ring is 1. The molecule has 1 aliphatic heterocycles. The van der Waals surface area contributed by atoms with Crippen LogP contribution < -0.4 is 16.0 Å². The lowest BCUT2D eigenvalue weighted by Crippen LogP contribution is -2.48. The summed E-state index contributed by atoms with van der Waals surface area (Å²) in [5, 5.41) is 3.15. The Balaban J connectivity index is 1.61. The number of hydrogen-bond donors (Lipinski definition) is 2. The summed E-state index contributed by atoms with van der Waals surface area (Å²) in [5.74, 6) is 0.821. The van der Waals surface area contributed by atoms with E-state index in [1.54, 1.807) is 0 Å². The van der Waals surface area contributed by atoms with E-state index in [-0.39, 0.29) is 0 Å². The predicted molar refractivity (Wildman–Crippen MR) is 93.9 cm³/mol. The van der Waals surface area contributed by atoms with E-state index in [0.29, 0.717) is 17.8 Å². The number of aromatic nitrogens is 2. The Labute approximate surface area is 137 Å². The third-order valence-electron chi connectivity index (χ3n) is 4.16. The summed E-state index contributed by atoms with van der Waals surface area (Å²) in [6.45, 7) is 8.88. The molecule has 1 aromatic heterocycles. The molecular formula is C17H23N6. The van der Waals surface area contributed by atoms with Crippen molar-refractivity contribution < 1.29 is 0 Å². The second kappa shape index (κ2) is 6.83. The summed E-state index contributed by atoms with van der Waals surface area (Å²) in [4.78, 5) is 13.1. The molecule has 0 atom stereocenters. The maximum absolute atomic E-state index is 5.61. The van der Waals surface area contributed by atoms with Crippen LogP contribution in [0.2, 0.25) is 0 Å². The average molecular weight is 311 g/mol. The first-order chi connectivity index (χ1) is 11.1. The van der Waals surface area contributed by atoms with Gasteiger partial charge in [-0.1, -0.05) is 0 Å². The highest BCUT2D eigenvalue weighted by Crippen LogP contribution is 2.21. The number of hydrogen-bond acceptors (Lipinski definition) is 6. The molecule has 2 heterocycles. The highest BCUT2D eigenvalue weighted by molar-refractivity contribution is 5.59. The van der Waals surface area contributed by atoms with E-state index in [1.165, 1.54) is 11.9 Å². The Bertz CT molecular complexity index is 632. The molecule has 0 unspecified atom stereocenters. The second-order valence-electron chi connectivity index (χ2n) is 6.01. The maximum atomic E-state index is 5.61. The Kier molecular flexibility index (Phi) is 4.62. The summed E-state index contributed by atoms with van der Waals surface area (Å²) in [6.07, 6.45) is 1.52. The van der Waals surface area contributed by atoms with E-state index in [2.05, 4.69) is 57.1 Å². The lowest BCUT2D eigenvalue weighted by atomic mass is 10.2. The van der Waals surface area contributed by atoms with Gasteiger partial charge in [0.15, 0.2) is 0 Å². The van der Waals surface area contributed by atoms with Crippen LogP contribution in [0.25, 0.3) is 0 Å². The van der Waals surface area contributed by atoms with E-state index >= 15 is 0 Å². The molecule has 1 fully saturated rings. The topological polar surface area (TPSA) is 70.3 Å². The van der Waals surface area contributed by atoms with Gasteiger partial charge in [0.25, 0.3) is 0 Å². The van der Waals surface area contributed by atoms with Crippen molar-refractivity contribution in [3.05, 3.63) is 36.5 Å². The lowest BCUT2D eigenvalue weighted by Gasteiger charge is -2.38. The van der Waals surface area contributed by atoms with Gasteiger partial charge in [-0.3, -0.25) is 4.90 Å². The van der Waals surface area contributed by atoms with Gasteiger partial charge in [0.1, 0.15) is 5.82 Å². The van der Waals surface area contributed by atoms with E-state index in [9.17, 15) is 0 Å². The van der Waals surface area contributed by atoms with Crippen LogP contribution in [0, 0.1) is 6.07 Å². The van der Waals surface area contributed by atoms with Crippen LogP contribution in [0.1, 0.15) is 13.8 Å². The number of piperazine rings is 1. The molecule has 121 valence electrons. The highest BCUT2D eigenvalue weighted by Gasteiger charge is 2.18. The third kappa shape index (κ3) is 3.90. The number of nitrogens with one attached hydrogen (secondary N) is 1. The Morgan fingerprint density at radius 3 is 2.43 bits per heavy atom. The maximum Gasteiger partial charge on any atom is 0.229 e. The van der Waals surface area contributed by atoms with Gasteiger partial charge in [0.2, 0.25) is 5.95 Å². The summed E-state index contributed by atoms with van der Waals surface area (Å²) in [5.41, 5.74) is 7.80. The van der Waals surface area contributed by atoms with Crippen molar-refractivity contribution >= 4 is 23.1 Å². The molecule has 6 heteroatoms. The third-order valence-corrected chi connectivity index (χ3v) is 4.16. The summed E-state index contributed by atoms with van der Waals surface area (Å²) < 4.78 is 0. The number of nitrogens with two attached hydrogens (primary N) is 1. The zero-order valence-corrected chi connectivity index (χ0v) is 13.7. The van der Waals surface area contributed by atoms with Crippen molar-refractivity contribution in [3.63, 3.8) is 0 Å². The van der Waals surface area contributed by atoms with Gasteiger partial charge in [-0.2, -0.15) is 4.98 Å². The first kappa shape index (κ1) is 15.6. The standard InChI is InChI=1S/C17H23N6/c1-13(2)22-9-11-23(12-10-22)15-5-3-14(4-6-15)20-17-19-8-7-16(18)21-17/h3-6,8,13H,9-12H2,1-2H3,(H3,18,19,20,21). The molecule has 1 saturated heterocycles. The Hall–Kier alpha value is -2.34. The van der Waals surface area contributed by atoms with Gasteiger partial charge in [-0.05, 0) is 38.1 Å². The van der Waals surface area contributed by atoms with Crippen molar-refractivity contribution in [1.82, 2.24) is 14.9 Å².